The molecule has 5 aliphatic rings. The van der Waals surface area contributed by atoms with E-state index in [1.807, 2.05) is 13.8 Å². The molecule has 0 unspecified atom stereocenters. The molecule has 6 rings (SSSR count). The highest BCUT2D eigenvalue weighted by Gasteiger charge is 2.68. The molecule has 0 radical (unpaired) electrons. The van der Waals surface area contributed by atoms with E-state index < -0.39 is 101 Å². The van der Waals surface area contributed by atoms with Crippen LogP contribution in [0.1, 0.15) is 131 Å². The van der Waals surface area contributed by atoms with Gasteiger partial charge >= 0.3 is 11.9 Å². The Labute approximate surface area is 348 Å². The van der Waals surface area contributed by atoms with Crippen molar-refractivity contribution in [2.45, 2.75) is 174 Å². The van der Waals surface area contributed by atoms with E-state index >= 15 is 0 Å². The summed E-state index contributed by atoms with van der Waals surface area (Å²) < 4.78 is 16.9. The molecule has 59 heavy (non-hydrogen) atoms. The summed E-state index contributed by atoms with van der Waals surface area (Å²) in [4.78, 5) is 39.4. The molecule has 330 valence electrons. The van der Waals surface area contributed by atoms with Gasteiger partial charge in [-0.15, -0.1) is 0 Å². The zero-order chi connectivity index (χ0) is 43.7. The molecule has 7 N–H and O–H groups in total. The monoisotopic (exact) mass is 827 g/mol. The maximum absolute atomic E-state index is 13.6. The van der Waals surface area contributed by atoms with E-state index in [0.29, 0.717) is 31.2 Å². The average molecular weight is 828 g/mol. The first-order chi connectivity index (χ1) is 27.3. The Morgan fingerprint density at radius 1 is 0.932 bits per heavy atom. The Morgan fingerprint density at radius 3 is 2.20 bits per heavy atom. The first-order valence-corrected chi connectivity index (χ1v) is 21.5. The lowest BCUT2D eigenvalue weighted by Gasteiger charge is -2.64. The fourth-order valence-electron chi connectivity index (χ4n) is 12.8. The van der Waals surface area contributed by atoms with Gasteiger partial charge in [-0.3, -0.25) is 9.59 Å². The third kappa shape index (κ3) is 8.03. The van der Waals surface area contributed by atoms with Gasteiger partial charge in [0.25, 0.3) is 0 Å². The van der Waals surface area contributed by atoms with Crippen LogP contribution in [0, 0.1) is 39.4 Å². The van der Waals surface area contributed by atoms with E-state index in [-0.39, 0.29) is 23.2 Å². The highest BCUT2D eigenvalue weighted by molar-refractivity contribution is 5.86. The van der Waals surface area contributed by atoms with Crippen molar-refractivity contribution in [3.63, 3.8) is 0 Å². The number of methoxy groups -OCH3 is 1. The van der Waals surface area contributed by atoms with Crippen LogP contribution >= 0.6 is 0 Å². The van der Waals surface area contributed by atoms with E-state index in [4.69, 9.17) is 14.2 Å². The van der Waals surface area contributed by atoms with Gasteiger partial charge in [0.05, 0.1) is 49.5 Å². The van der Waals surface area contributed by atoms with Gasteiger partial charge in [-0.1, -0.05) is 76.1 Å². The van der Waals surface area contributed by atoms with Crippen LogP contribution in [0.25, 0.3) is 0 Å². The van der Waals surface area contributed by atoms with Crippen molar-refractivity contribution >= 4 is 17.8 Å². The summed E-state index contributed by atoms with van der Waals surface area (Å²) in [6, 6.07) is 6.82. The molecule has 13 heteroatoms. The first kappa shape index (κ1) is 45.6. The second kappa shape index (κ2) is 16.1. The fourth-order valence-corrected chi connectivity index (χ4v) is 12.8. The minimum atomic E-state index is -1.90. The van der Waals surface area contributed by atoms with Crippen LogP contribution in [-0.4, -0.2) is 104 Å². The normalized spacial score (nSPS) is 38.8. The van der Waals surface area contributed by atoms with Crippen LogP contribution in [0.5, 0.6) is 0 Å². The number of aliphatic hydroxyl groups excluding tert-OH is 4. The lowest BCUT2D eigenvalue weighted by atomic mass is 9.42. The third-order valence-corrected chi connectivity index (χ3v) is 16.1. The number of fused-ring (bicyclic) bond motifs is 4. The Bertz CT molecular complexity index is 1770. The standard InChI is InChI=1S/C46H69NO12/c1-41(2)31-17-16-28-29(21-32(48)46(8)27(19-20-45(28,46)7)26-15-18-33(42(3,4)55)59-39(26)53)44(31,6)22-30(38(41)52)58-35(50)24-43(5,56)23-34(49)47-36(40(54)57-9)37(51)25-13-11-10-12-14-25/h10-14,26-27,30-33,36-39,48,51-53,55-56H,15-24H2,1-9H3,(H,47,49)/t26-,27-,30-,31+,32+,33-,36+,37+,38+,39-,43-,44-,45+,46+/m1/s1. The first-order valence-electron chi connectivity index (χ1n) is 21.5. The molecular formula is C46H69NO12. The SMILES string of the molecule is COC(=O)[C@@H](NC(=O)C[C@@](C)(O)CC(=O)O[C@@H]1C[C@]2(C)C3=C(CC[C@H]2C(C)(C)[C@H]1O)[C@]1(C)CC[C@H]([C@H]2CC[C@H](C(C)(C)O)O[C@H]2O)[C@@]1(C)[C@@H](O)C3)[C@@H](O)c1ccccc1. The quantitative estimate of drug-likeness (QED) is 0.122. The number of hydrogen-bond acceptors (Lipinski definition) is 12. The molecule has 2 saturated carbocycles. The summed E-state index contributed by atoms with van der Waals surface area (Å²) in [7, 11) is 1.13. The molecule has 0 bridgehead atoms. The van der Waals surface area contributed by atoms with Crippen LogP contribution in [0.15, 0.2) is 41.5 Å². The van der Waals surface area contributed by atoms with E-state index in [0.717, 1.165) is 38.4 Å². The van der Waals surface area contributed by atoms with E-state index in [1.165, 1.54) is 12.5 Å². The number of hydrogen-bond donors (Lipinski definition) is 7. The van der Waals surface area contributed by atoms with Gasteiger partial charge in [-0.05, 0) is 106 Å². The highest BCUT2D eigenvalue weighted by atomic mass is 16.6. The maximum atomic E-state index is 13.6. The predicted molar refractivity (Wildman–Crippen MR) is 217 cm³/mol. The molecule has 1 aromatic rings. The summed E-state index contributed by atoms with van der Waals surface area (Å²) >= 11 is 0. The minimum Gasteiger partial charge on any atom is -0.467 e. The summed E-state index contributed by atoms with van der Waals surface area (Å²) in [5, 5.41) is 70.7. The van der Waals surface area contributed by atoms with E-state index in [9.17, 15) is 45.0 Å². The molecule has 4 aliphatic carbocycles. The predicted octanol–water partition coefficient (Wildman–Crippen LogP) is 4.40. The van der Waals surface area contributed by atoms with Gasteiger partial charge in [-0.2, -0.15) is 0 Å². The number of esters is 2. The average Bonchev–Trinajstić information content (AvgIpc) is 3.43. The topological polar surface area (TPSA) is 212 Å². The Balaban J connectivity index is 1.18. The van der Waals surface area contributed by atoms with Crippen LogP contribution in [0.4, 0.5) is 0 Å². The van der Waals surface area contributed by atoms with E-state index in [2.05, 4.69) is 26.1 Å². The number of carbonyl (C=O) groups is 3. The summed E-state index contributed by atoms with van der Waals surface area (Å²) in [6.45, 7) is 15.3. The molecule has 13 nitrogen and oxygen atoms in total. The lowest BCUT2D eigenvalue weighted by Crippen LogP contribution is -2.62. The maximum Gasteiger partial charge on any atom is 0.331 e. The van der Waals surface area contributed by atoms with Gasteiger partial charge in [-0.25, -0.2) is 4.79 Å². The molecule has 1 aromatic carbocycles. The van der Waals surface area contributed by atoms with Crippen molar-refractivity contribution in [2.75, 3.05) is 7.11 Å². The van der Waals surface area contributed by atoms with Crippen molar-refractivity contribution in [1.29, 1.82) is 0 Å². The van der Waals surface area contributed by atoms with Gasteiger partial charge < -0.3 is 50.2 Å². The van der Waals surface area contributed by atoms with Crippen LogP contribution in [-0.2, 0) is 28.6 Å². The van der Waals surface area contributed by atoms with Crippen LogP contribution in [0.2, 0.25) is 0 Å². The molecule has 14 atom stereocenters. The zero-order valence-corrected chi connectivity index (χ0v) is 36.4. The van der Waals surface area contributed by atoms with Crippen LogP contribution < -0.4 is 5.32 Å². The van der Waals surface area contributed by atoms with Crippen molar-refractivity contribution in [2.24, 2.45) is 39.4 Å². The summed E-state index contributed by atoms with van der Waals surface area (Å²) in [5.74, 6) is -2.65. The molecule has 0 aromatic heterocycles. The number of benzene rings is 1. The van der Waals surface area contributed by atoms with Gasteiger partial charge in [0.2, 0.25) is 5.91 Å². The number of nitrogens with one attached hydrogen (secondary N) is 1. The number of carbonyl (C=O) groups excluding carboxylic acids is 3. The molecule has 0 spiro atoms. The van der Waals surface area contributed by atoms with Crippen molar-refractivity contribution in [1.82, 2.24) is 5.32 Å². The molecule has 3 fully saturated rings. The fraction of sp³-hybridized carbons (Fsp3) is 0.761. The van der Waals surface area contributed by atoms with Gasteiger partial charge in [0.15, 0.2) is 12.3 Å². The van der Waals surface area contributed by atoms with Gasteiger partial charge in [0, 0.05) is 11.3 Å². The molecule has 1 aliphatic heterocycles. The number of rotatable bonds is 11. The number of allylic oxidation sites excluding steroid dienone is 1. The van der Waals surface area contributed by atoms with Crippen molar-refractivity contribution < 1.29 is 59.2 Å². The number of amides is 1. The Morgan fingerprint density at radius 2 is 1.59 bits per heavy atom. The molecule has 1 heterocycles. The molecular weight excluding hydrogens is 759 g/mol. The Hall–Kier alpha value is -2.91. The zero-order valence-electron chi connectivity index (χ0n) is 36.4. The Kier molecular flexibility index (Phi) is 12.4. The second-order valence-electron chi connectivity index (χ2n) is 20.6. The van der Waals surface area contributed by atoms with Crippen LogP contribution in [0.3, 0.4) is 0 Å². The lowest BCUT2D eigenvalue weighted by molar-refractivity contribution is -0.251. The van der Waals surface area contributed by atoms with Crippen molar-refractivity contribution in [3.05, 3.63) is 47.0 Å². The number of aliphatic hydroxyl groups is 6. The molecule has 1 saturated heterocycles. The van der Waals surface area contributed by atoms with E-state index in [1.54, 1.807) is 44.2 Å². The smallest absolute Gasteiger partial charge is 0.331 e. The minimum absolute atomic E-state index is 0.00619. The number of ether oxygens (including phenoxy) is 3. The third-order valence-electron chi connectivity index (χ3n) is 16.1. The largest absolute Gasteiger partial charge is 0.467 e. The summed E-state index contributed by atoms with van der Waals surface area (Å²) in [6.07, 6.45) is -1.48. The summed E-state index contributed by atoms with van der Waals surface area (Å²) in [5.41, 5.74) is -2.27. The second-order valence-corrected chi connectivity index (χ2v) is 20.6. The highest BCUT2D eigenvalue weighted by Crippen LogP contribution is 2.73. The van der Waals surface area contributed by atoms with Gasteiger partial charge in [0.1, 0.15) is 12.2 Å². The molecule has 1 amide bonds. The van der Waals surface area contributed by atoms with Crippen molar-refractivity contribution in [3.8, 4) is 0 Å².